The summed E-state index contributed by atoms with van der Waals surface area (Å²) in [6.07, 6.45) is 5.26. The summed E-state index contributed by atoms with van der Waals surface area (Å²) >= 11 is 1.35. The van der Waals surface area contributed by atoms with Crippen molar-refractivity contribution in [3.05, 3.63) is 71.8 Å². The molecule has 1 aromatic heterocycles. The highest BCUT2D eigenvalue weighted by Gasteiger charge is 2.17. The van der Waals surface area contributed by atoms with Crippen LogP contribution in [0.25, 0.3) is 17.5 Å². The fraction of sp³-hybridized carbons (Fsp3) is 0.280. The number of nitrogens with one attached hydrogen (secondary N) is 1. The number of carbonyl (C=O) groups excluding carboxylic acids is 1. The van der Waals surface area contributed by atoms with Crippen molar-refractivity contribution in [3.8, 4) is 11.4 Å². The van der Waals surface area contributed by atoms with E-state index in [4.69, 9.17) is 0 Å². The molecular weight excluding hydrogens is 418 g/mol. The standard InChI is InChI=1S/C25H29N5OS/c1-5-30-23(20-13-15-21(16-14-20)25(2,3)4)28-29-24(30)32-18-22(31)27-26-17-9-12-19-10-7-6-8-11-19/h6-17H,5,18H2,1-4H3,(H,27,31). The largest absolute Gasteiger partial charge is 0.302 e. The Balaban J connectivity index is 1.56. The Morgan fingerprint density at radius 2 is 1.81 bits per heavy atom. The molecule has 0 radical (unpaired) electrons. The van der Waals surface area contributed by atoms with Gasteiger partial charge in [0.1, 0.15) is 0 Å². The van der Waals surface area contributed by atoms with Crippen LogP contribution in [0.2, 0.25) is 0 Å². The van der Waals surface area contributed by atoms with Crippen molar-refractivity contribution in [1.29, 1.82) is 0 Å². The quantitative estimate of drug-likeness (QED) is 0.294. The average molecular weight is 448 g/mol. The van der Waals surface area contributed by atoms with Gasteiger partial charge in [-0.2, -0.15) is 5.10 Å². The van der Waals surface area contributed by atoms with Gasteiger partial charge in [-0.3, -0.25) is 4.79 Å². The Hall–Kier alpha value is -3.19. The monoisotopic (exact) mass is 447 g/mol. The first-order valence-electron chi connectivity index (χ1n) is 10.6. The Morgan fingerprint density at radius 3 is 2.47 bits per heavy atom. The summed E-state index contributed by atoms with van der Waals surface area (Å²) < 4.78 is 2.02. The molecule has 1 heterocycles. The fourth-order valence-electron chi connectivity index (χ4n) is 3.05. The number of hydrogen-bond donors (Lipinski definition) is 1. The van der Waals surface area contributed by atoms with Gasteiger partial charge in [0.25, 0.3) is 5.91 Å². The lowest BCUT2D eigenvalue weighted by atomic mass is 9.87. The lowest BCUT2D eigenvalue weighted by Crippen LogP contribution is -2.19. The maximum absolute atomic E-state index is 12.1. The van der Waals surface area contributed by atoms with Crippen molar-refractivity contribution in [2.24, 2.45) is 5.10 Å². The summed E-state index contributed by atoms with van der Waals surface area (Å²) in [7, 11) is 0. The second kappa shape index (κ2) is 10.9. The molecule has 6 nitrogen and oxygen atoms in total. The highest BCUT2D eigenvalue weighted by molar-refractivity contribution is 7.99. The molecule has 0 saturated carbocycles. The van der Waals surface area contributed by atoms with Gasteiger partial charge < -0.3 is 4.57 Å². The maximum atomic E-state index is 12.1. The third-order valence-electron chi connectivity index (χ3n) is 4.81. The van der Waals surface area contributed by atoms with E-state index in [9.17, 15) is 4.79 Å². The molecule has 1 amide bonds. The van der Waals surface area contributed by atoms with E-state index in [1.54, 1.807) is 12.3 Å². The third-order valence-corrected chi connectivity index (χ3v) is 5.78. The zero-order chi connectivity index (χ0) is 23.0. The number of benzene rings is 2. The van der Waals surface area contributed by atoms with Gasteiger partial charge >= 0.3 is 0 Å². The molecular formula is C25H29N5OS. The first-order valence-corrected chi connectivity index (χ1v) is 11.6. The highest BCUT2D eigenvalue weighted by Crippen LogP contribution is 2.27. The Labute approximate surface area is 193 Å². The molecule has 0 saturated heterocycles. The SMILES string of the molecule is CCn1c(SCC(=O)NN=CC=Cc2ccccc2)nnc1-c1ccc(C(C)(C)C)cc1. The summed E-state index contributed by atoms with van der Waals surface area (Å²) in [5, 5.41) is 13.3. The molecule has 0 bridgehead atoms. The number of aromatic nitrogens is 3. The second-order valence-electron chi connectivity index (χ2n) is 8.25. The van der Waals surface area contributed by atoms with Crippen molar-refractivity contribution < 1.29 is 4.79 Å². The van der Waals surface area contributed by atoms with Crippen molar-refractivity contribution in [1.82, 2.24) is 20.2 Å². The Morgan fingerprint density at radius 1 is 1.09 bits per heavy atom. The highest BCUT2D eigenvalue weighted by atomic mass is 32.2. The molecule has 0 fully saturated rings. The normalized spacial score (nSPS) is 12.0. The molecule has 7 heteroatoms. The van der Waals surface area contributed by atoms with E-state index >= 15 is 0 Å². The molecule has 0 unspecified atom stereocenters. The topological polar surface area (TPSA) is 72.2 Å². The van der Waals surface area contributed by atoms with E-state index < -0.39 is 0 Å². The van der Waals surface area contributed by atoms with Crippen LogP contribution in [0.3, 0.4) is 0 Å². The number of rotatable bonds is 8. The summed E-state index contributed by atoms with van der Waals surface area (Å²) in [6, 6.07) is 18.3. The Bertz CT molecular complexity index is 1080. The van der Waals surface area contributed by atoms with Crippen LogP contribution in [0.5, 0.6) is 0 Å². The van der Waals surface area contributed by atoms with Gasteiger partial charge in [0, 0.05) is 18.3 Å². The first-order chi connectivity index (χ1) is 15.4. The van der Waals surface area contributed by atoms with E-state index in [0.717, 1.165) is 23.5 Å². The maximum Gasteiger partial charge on any atom is 0.250 e. The van der Waals surface area contributed by atoms with Crippen LogP contribution in [0.15, 0.2) is 70.9 Å². The van der Waals surface area contributed by atoms with Crippen LogP contribution < -0.4 is 5.43 Å². The predicted octanol–water partition coefficient (Wildman–Crippen LogP) is 5.17. The molecule has 0 aliphatic heterocycles. The van der Waals surface area contributed by atoms with Gasteiger partial charge in [0.15, 0.2) is 11.0 Å². The number of allylic oxidation sites excluding steroid dienone is 1. The third kappa shape index (κ3) is 6.40. The summed E-state index contributed by atoms with van der Waals surface area (Å²) in [5.41, 5.74) is 6.00. The number of hydrogen-bond acceptors (Lipinski definition) is 5. The van der Waals surface area contributed by atoms with Gasteiger partial charge in [-0.05, 0) is 29.5 Å². The number of thioether (sulfide) groups is 1. The van der Waals surface area contributed by atoms with E-state index in [1.165, 1.54) is 17.3 Å². The zero-order valence-electron chi connectivity index (χ0n) is 18.9. The molecule has 0 spiro atoms. The Kier molecular flexibility index (Phi) is 8.00. The molecule has 3 aromatic rings. The molecule has 3 rings (SSSR count). The molecule has 2 aromatic carbocycles. The smallest absolute Gasteiger partial charge is 0.250 e. The van der Waals surface area contributed by atoms with E-state index in [0.29, 0.717) is 5.16 Å². The van der Waals surface area contributed by atoms with Gasteiger partial charge in [-0.15, -0.1) is 10.2 Å². The van der Waals surface area contributed by atoms with Gasteiger partial charge in [0.05, 0.1) is 5.75 Å². The zero-order valence-corrected chi connectivity index (χ0v) is 19.8. The molecule has 32 heavy (non-hydrogen) atoms. The minimum Gasteiger partial charge on any atom is -0.302 e. The van der Waals surface area contributed by atoms with Gasteiger partial charge in [-0.1, -0.05) is 93.2 Å². The van der Waals surface area contributed by atoms with Crippen LogP contribution in [-0.4, -0.2) is 32.6 Å². The second-order valence-corrected chi connectivity index (χ2v) is 9.19. The first kappa shape index (κ1) is 23.5. The summed E-state index contributed by atoms with van der Waals surface area (Å²) in [5.74, 6) is 0.821. The average Bonchev–Trinajstić information content (AvgIpc) is 3.20. The van der Waals surface area contributed by atoms with Crippen LogP contribution in [-0.2, 0) is 16.8 Å². The van der Waals surface area contributed by atoms with Crippen LogP contribution in [0.1, 0.15) is 38.8 Å². The van der Waals surface area contributed by atoms with E-state index in [2.05, 4.69) is 65.8 Å². The molecule has 0 atom stereocenters. The lowest BCUT2D eigenvalue weighted by molar-refractivity contribution is -0.118. The van der Waals surface area contributed by atoms with Gasteiger partial charge in [-0.25, -0.2) is 5.43 Å². The number of amides is 1. The molecule has 0 aliphatic rings. The summed E-state index contributed by atoms with van der Waals surface area (Å²) in [4.78, 5) is 12.1. The predicted molar refractivity (Wildman–Crippen MR) is 133 cm³/mol. The van der Waals surface area contributed by atoms with Crippen molar-refractivity contribution in [2.45, 2.75) is 44.8 Å². The molecule has 1 N–H and O–H groups in total. The number of nitrogens with zero attached hydrogens (tertiary/aromatic N) is 4. The van der Waals surface area contributed by atoms with Crippen molar-refractivity contribution in [2.75, 3.05) is 5.75 Å². The van der Waals surface area contributed by atoms with Crippen LogP contribution in [0, 0.1) is 0 Å². The number of carbonyl (C=O) groups is 1. The van der Waals surface area contributed by atoms with Crippen molar-refractivity contribution in [3.63, 3.8) is 0 Å². The number of hydrazone groups is 1. The lowest BCUT2D eigenvalue weighted by Gasteiger charge is -2.19. The molecule has 166 valence electrons. The van der Waals surface area contributed by atoms with E-state index in [-0.39, 0.29) is 17.1 Å². The summed E-state index contributed by atoms with van der Waals surface area (Å²) in [6.45, 7) is 9.35. The minimum absolute atomic E-state index is 0.102. The minimum atomic E-state index is -0.193. The van der Waals surface area contributed by atoms with E-state index in [1.807, 2.05) is 47.9 Å². The molecule has 0 aliphatic carbocycles. The van der Waals surface area contributed by atoms with Gasteiger partial charge in [0.2, 0.25) is 0 Å². The fourth-order valence-corrected chi connectivity index (χ4v) is 3.84. The van der Waals surface area contributed by atoms with Crippen LogP contribution in [0.4, 0.5) is 0 Å². The van der Waals surface area contributed by atoms with Crippen LogP contribution >= 0.6 is 11.8 Å². The van der Waals surface area contributed by atoms with Crippen molar-refractivity contribution >= 4 is 30.0 Å².